The van der Waals surface area contributed by atoms with Gasteiger partial charge >= 0.3 is 12.1 Å². The van der Waals surface area contributed by atoms with Gasteiger partial charge in [-0.15, -0.1) is 0 Å². The summed E-state index contributed by atoms with van der Waals surface area (Å²) in [6.45, 7) is 1.24. The van der Waals surface area contributed by atoms with Crippen LogP contribution in [0.3, 0.4) is 0 Å². The summed E-state index contributed by atoms with van der Waals surface area (Å²) in [4.78, 5) is 11.5. The van der Waals surface area contributed by atoms with E-state index in [-0.39, 0.29) is 6.42 Å². The van der Waals surface area contributed by atoms with Crippen molar-refractivity contribution in [2.45, 2.75) is 25.4 Å². The summed E-state index contributed by atoms with van der Waals surface area (Å²) in [7, 11) is 0. The normalized spacial score (nSPS) is 18.8. The van der Waals surface area contributed by atoms with Crippen LogP contribution >= 0.6 is 0 Å². The van der Waals surface area contributed by atoms with Crippen LogP contribution in [-0.4, -0.2) is 24.2 Å². The maximum atomic E-state index is 12.5. The number of benzene rings is 1. The zero-order valence-corrected chi connectivity index (χ0v) is 10.8. The summed E-state index contributed by atoms with van der Waals surface area (Å²) < 4.78 is 37.4. The van der Waals surface area contributed by atoms with Crippen molar-refractivity contribution in [3.05, 3.63) is 35.4 Å². The average molecular weight is 287 g/mol. The first-order valence-corrected chi connectivity index (χ1v) is 6.44. The van der Waals surface area contributed by atoms with E-state index in [0.717, 1.165) is 12.1 Å². The molecule has 0 aliphatic carbocycles. The topological polar surface area (TPSA) is 49.3 Å². The molecular weight excluding hydrogens is 271 g/mol. The second kappa shape index (κ2) is 5.44. The van der Waals surface area contributed by atoms with Crippen molar-refractivity contribution in [2.24, 2.45) is 5.41 Å². The number of alkyl halides is 3. The van der Waals surface area contributed by atoms with Gasteiger partial charge in [0.05, 0.1) is 11.0 Å². The highest BCUT2D eigenvalue weighted by molar-refractivity contribution is 5.75. The molecule has 0 amide bonds. The average Bonchev–Trinajstić information content (AvgIpc) is 2.39. The van der Waals surface area contributed by atoms with E-state index in [9.17, 15) is 23.1 Å². The Kier molecular flexibility index (Phi) is 4.04. The van der Waals surface area contributed by atoms with Crippen molar-refractivity contribution in [1.82, 2.24) is 5.32 Å². The van der Waals surface area contributed by atoms with Gasteiger partial charge in [-0.25, -0.2) is 0 Å². The summed E-state index contributed by atoms with van der Waals surface area (Å²) >= 11 is 0. The van der Waals surface area contributed by atoms with Crippen LogP contribution in [0.4, 0.5) is 13.2 Å². The number of rotatable bonds is 3. The largest absolute Gasteiger partial charge is 0.481 e. The second-order valence-corrected chi connectivity index (χ2v) is 5.21. The van der Waals surface area contributed by atoms with Crippen LogP contribution in [0.5, 0.6) is 0 Å². The molecule has 2 rings (SSSR count). The number of halogens is 3. The highest BCUT2D eigenvalue weighted by atomic mass is 19.4. The number of carbonyl (C=O) groups is 1. The maximum absolute atomic E-state index is 12.5. The quantitative estimate of drug-likeness (QED) is 0.898. The van der Waals surface area contributed by atoms with Gasteiger partial charge in [-0.3, -0.25) is 4.79 Å². The number of aliphatic carboxylic acids is 1. The maximum Gasteiger partial charge on any atom is 0.416 e. The fourth-order valence-electron chi connectivity index (χ4n) is 2.57. The molecule has 0 saturated carbocycles. The molecule has 0 unspecified atom stereocenters. The molecule has 0 atom stereocenters. The Hall–Kier alpha value is -1.56. The third-order valence-electron chi connectivity index (χ3n) is 3.84. The monoisotopic (exact) mass is 287 g/mol. The Morgan fingerprint density at radius 2 is 1.75 bits per heavy atom. The molecule has 0 bridgehead atoms. The van der Waals surface area contributed by atoms with Crippen LogP contribution in [-0.2, 0) is 17.4 Å². The lowest BCUT2D eigenvalue weighted by Gasteiger charge is -2.33. The van der Waals surface area contributed by atoms with Crippen LogP contribution in [0, 0.1) is 5.41 Å². The van der Waals surface area contributed by atoms with E-state index in [1.165, 1.54) is 12.1 Å². The first kappa shape index (κ1) is 14.8. The highest BCUT2D eigenvalue weighted by Gasteiger charge is 2.39. The standard InChI is InChI=1S/C14H16F3NO2/c15-14(16,17)11-3-1-10(2-4-11)9-13(12(19)20)5-7-18-8-6-13/h1-4,18H,5-9H2,(H,19,20). The van der Waals surface area contributed by atoms with E-state index in [1.807, 2.05) is 0 Å². The lowest BCUT2D eigenvalue weighted by molar-refractivity contribution is -0.150. The van der Waals surface area contributed by atoms with Gasteiger partial charge in [-0.2, -0.15) is 13.2 Å². The van der Waals surface area contributed by atoms with Gasteiger partial charge in [0.25, 0.3) is 0 Å². The second-order valence-electron chi connectivity index (χ2n) is 5.21. The van der Waals surface area contributed by atoms with Gasteiger partial charge in [0.2, 0.25) is 0 Å². The van der Waals surface area contributed by atoms with Gasteiger partial charge in [0.1, 0.15) is 0 Å². The molecule has 0 aromatic heterocycles. The number of piperidine rings is 1. The van der Waals surface area contributed by atoms with Crippen molar-refractivity contribution in [3.8, 4) is 0 Å². The fraction of sp³-hybridized carbons (Fsp3) is 0.500. The van der Waals surface area contributed by atoms with E-state index in [2.05, 4.69) is 5.32 Å². The fourth-order valence-corrected chi connectivity index (χ4v) is 2.57. The number of hydrogen-bond acceptors (Lipinski definition) is 2. The minimum atomic E-state index is -4.36. The van der Waals surface area contributed by atoms with E-state index in [0.29, 0.717) is 31.5 Å². The lowest BCUT2D eigenvalue weighted by atomic mass is 9.74. The minimum absolute atomic E-state index is 0.266. The van der Waals surface area contributed by atoms with Crippen LogP contribution in [0.2, 0.25) is 0 Å². The van der Waals surface area contributed by atoms with Gasteiger partial charge in [-0.05, 0) is 50.0 Å². The highest BCUT2D eigenvalue weighted by Crippen LogP contribution is 2.34. The molecule has 1 fully saturated rings. The molecule has 0 radical (unpaired) electrons. The molecule has 1 aromatic carbocycles. The summed E-state index contributed by atoms with van der Waals surface area (Å²) in [6, 6.07) is 4.75. The predicted octanol–water partition coefficient (Wildman–Crippen LogP) is 2.70. The SMILES string of the molecule is O=C(O)C1(Cc2ccc(C(F)(F)F)cc2)CCNCC1. The molecule has 1 aliphatic rings. The van der Waals surface area contributed by atoms with E-state index < -0.39 is 23.1 Å². The summed E-state index contributed by atoms with van der Waals surface area (Å²) in [5.41, 5.74) is -0.955. The molecule has 6 heteroatoms. The van der Waals surface area contributed by atoms with Crippen molar-refractivity contribution < 1.29 is 23.1 Å². The van der Waals surface area contributed by atoms with Crippen LogP contribution in [0.1, 0.15) is 24.0 Å². The van der Waals surface area contributed by atoms with Gasteiger partial charge in [-0.1, -0.05) is 12.1 Å². The molecule has 1 saturated heterocycles. The molecule has 110 valence electrons. The Morgan fingerprint density at radius 3 is 2.20 bits per heavy atom. The first-order valence-electron chi connectivity index (χ1n) is 6.44. The smallest absolute Gasteiger partial charge is 0.416 e. The Morgan fingerprint density at radius 1 is 1.20 bits per heavy atom. The first-order chi connectivity index (χ1) is 9.33. The third-order valence-corrected chi connectivity index (χ3v) is 3.84. The van der Waals surface area contributed by atoms with E-state index in [4.69, 9.17) is 0 Å². The Bertz CT molecular complexity index is 476. The molecular formula is C14H16F3NO2. The molecule has 1 heterocycles. The third kappa shape index (κ3) is 3.12. The molecule has 0 spiro atoms. The summed E-state index contributed by atoms with van der Waals surface area (Å²) in [6.07, 6.45) is -3.12. The van der Waals surface area contributed by atoms with Crippen molar-refractivity contribution >= 4 is 5.97 Å². The number of hydrogen-bond donors (Lipinski definition) is 2. The number of nitrogens with one attached hydrogen (secondary N) is 1. The van der Waals surface area contributed by atoms with Crippen LogP contribution in [0.25, 0.3) is 0 Å². The molecule has 1 aliphatic heterocycles. The Labute approximate surface area is 114 Å². The zero-order chi connectivity index (χ0) is 14.8. The van der Waals surface area contributed by atoms with E-state index >= 15 is 0 Å². The number of carboxylic acid groups (broad SMARTS) is 1. The predicted molar refractivity (Wildman–Crippen MR) is 67.3 cm³/mol. The van der Waals surface area contributed by atoms with Crippen molar-refractivity contribution in [2.75, 3.05) is 13.1 Å². The van der Waals surface area contributed by atoms with Crippen molar-refractivity contribution in [3.63, 3.8) is 0 Å². The van der Waals surface area contributed by atoms with Crippen molar-refractivity contribution in [1.29, 1.82) is 0 Å². The van der Waals surface area contributed by atoms with Crippen LogP contribution < -0.4 is 5.32 Å². The molecule has 2 N–H and O–H groups in total. The minimum Gasteiger partial charge on any atom is -0.481 e. The van der Waals surface area contributed by atoms with Gasteiger partial charge < -0.3 is 10.4 Å². The molecule has 3 nitrogen and oxygen atoms in total. The summed E-state index contributed by atoms with van der Waals surface area (Å²) in [5, 5.41) is 12.5. The van der Waals surface area contributed by atoms with Gasteiger partial charge in [0.15, 0.2) is 0 Å². The van der Waals surface area contributed by atoms with E-state index in [1.54, 1.807) is 0 Å². The van der Waals surface area contributed by atoms with Crippen LogP contribution in [0.15, 0.2) is 24.3 Å². The Balaban J connectivity index is 2.17. The number of carboxylic acids is 1. The molecule has 20 heavy (non-hydrogen) atoms. The van der Waals surface area contributed by atoms with Gasteiger partial charge in [0, 0.05) is 0 Å². The zero-order valence-electron chi connectivity index (χ0n) is 10.8. The lowest BCUT2D eigenvalue weighted by Crippen LogP contribution is -2.43. The molecule has 1 aromatic rings. The summed E-state index contributed by atoms with van der Waals surface area (Å²) in [5.74, 6) is -0.876.